The number of hydrogen-bond acceptors (Lipinski definition) is 5. The van der Waals surface area contributed by atoms with Gasteiger partial charge in [0.25, 0.3) is 0 Å². The summed E-state index contributed by atoms with van der Waals surface area (Å²) in [5, 5.41) is 9.01. The normalized spacial score (nSPS) is 22.5. The standard InChI is InChI=1S/C10H10O5S2/c11-4-7-3-8(9(16-7)10(12)13)6-1-2-17(14,15)5-6/h3-4,6H,1-2,5H2,(H,12,13). The van der Waals surface area contributed by atoms with E-state index >= 15 is 0 Å². The quantitative estimate of drug-likeness (QED) is 0.835. The lowest BCUT2D eigenvalue weighted by atomic mass is 9.99. The first kappa shape index (κ1) is 12.3. The summed E-state index contributed by atoms with van der Waals surface area (Å²) in [6, 6.07) is 1.49. The first-order valence-electron chi connectivity index (χ1n) is 4.95. The molecule has 0 aromatic carbocycles. The van der Waals surface area contributed by atoms with Crippen molar-refractivity contribution in [2.24, 2.45) is 0 Å². The topological polar surface area (TPSA) is 88.5 Å². The molecule has 1 saturated heterocycles. The fourth-order valence-corrected chi connectivity index (χ4v) is 4.66. The number of thiophene rings is 1. The number of hydrogen-bond donors (Lipinski definition) is 1. The maximum atomic E-state index is 11.4. The van der Waals surface area contributed by atoms with Crippen LogP contribution in [0.1, 0.15) is 37.2 Å². The van der Waals surface area contributed by atoms with Gasteiger partial charge in [-0.15, -0.1) is 11.3 Å². The number of aromatic carboxylic acids is 1. The van der Waals surface area contributed by atoms with E-state index in [9.17, 15) is 18.0 Å². The Hall–Kier alpha value is -1.21. The summed E-state index contributed by atoms with van der Waals surface area (Å²) in [6.45, 7) is 0. The number of carboxylic acids is 1. The zero-order chi connectivity index (χ0) is 12.6. The van der Waals surface area contributed by atoms with E-state index in [-0.39, 0.29) is 22.3 Å². The number of sulfone groups is 1. The van der Waals surface area contributed by atoms with Gasteiger partial charge in [0, 0.05) is 5.92 Å². The molecule has 5 nitrogen and oxygen atoms in total. The van der Waals surface area contributed by atoms with Crippen molar-refractivity contribution in [2.45, 2.75) is 12.3 Å². The highest BCUT2D eigenvalue weighted by Crippen LogP contribution is 2.35. The molecule has 1 aliphatic heterocycles. The van der Waals surface area contributed by atoms with E-state index in [1.54, 1.807) is 0 Å². The highest BCUT2D eigenvalue weighted by atomic mass is 32.2. The summed E-state index contributed by atoms with van der Waals surface area (Å²) >= 11 is 0.892. The number of carbonyl (C=O) groups is 2. The minimum Gasteiger partial charge on any atom is -0.477 e. The first-order chi connectivity index (χ1) is 7.93. The maximum absolute atomic E-state index is 11.4. The molecule has 1 aromatic rings. The molecule has 1 fully saturated rings. The van der Waals surface area contributed by atoms with Crippen molar-refractivity contribution in [1.82, 2.24) is 0 Å². The Balaban J connectivity index is 2.41. The predicted octanol–water partition coefficient (Wildman–Crippen LogP) is 1.16. The van der Waals surface area contributed by atoms with Gasteiger partial charge in [0.15, 0.2) is 16.1 Å². The van der Waals surface area contributed by atoms with Crippen LogP contribution in [0.5, 0.6) is 0 Å². The molecular formula is C10H10O5S2. The Morgan fingerprint density at radius 3 is 2.71 bits per heavy atom. The van der Waals surface area contributed by atoms with E-state index in [2.05, 4.69) is 0 Å². The lowest BCUT2D eigenvalue weighted by molar-refractivity contribution is 0.0700. The van der Waals surface area contributed by atoms with Crippen LogP contribution in [0.25, 0.3) is 0 Å². The van der Waals surface area contributed by atoms with Gasteiger partial charge in [-0.25, -0.2) is 13.2 Å². The molecular weight excluding hydrogens is 264 g/mol. The van der Waals surface area contributed by atoms with Crippen molar-refractivity contribution in [2.75, 3.05) is 11.5 Å². The van der Waals surface area contributed by atoms with Crippen LogP contribution >= 0.6 is 11.3 Å². The van der Waals surface area contributed by atoms with Crippen LogP contribution in [0.4, 0.5) is 0 Å². The molecule has 0 aliphatic carbocycles. The summed E-state index contributed by atoms with van der Waals surface area (Å²) in [7, 11) is -3.06. The molecule has 92 valence electrons. The average molecular weight is 274 g/mol. The summed E-state index contributed by atoms with van der Waals surface area (Å²) in [6.07, 6.45) is 1.02. The second-order valence-electron chi connectivity index (χ2n) is 3.96. The van der Waals surface area contributed by atoms with E-state index in [1.807, 2.05) is 0 Å². The summed E-state index contributed by atoms with van der Waals surface area (Å²) in [4.78, 5) is 22.0. The summed E-state index contributed by atoms with van der Waals surface area (Å²) < 4.78 is 22.7. The highest BCUT2D eigenvalue weighted by Gasteiger charge is 2.32. The van der Waals surface area contributed by atoms with Crippen molar-refractivity contribution in [3.05, 3.63) is 21.4 Å². The Morgan fingerprint density at radius 2 is 2.24 bits per heavy atom. The molecule has 2 heterocycles. The average Bonchev–Trinajstić information content (AvgIpc) is 2.80. The van der Waals surface area contributed by atoms with Crippen LogP contribution in [0.2, 0.25) is 0 Å². The summed E-state index contributed by atoms with van der Waals surface area (Å²) in [5.74, 6) is -1.34. The van der Waals surface area contributed by atoms with Gasteiger partial charge in [0.05, 0.1) is 16.4 Å². The van der Waals surface area contributed by atoms with Crippen molar-refractivity contribution in [3.8, 4) is 0 Å². The first-order valence-corrected chi connectivity index (χ1v) is 7.59. The molecule has 7 heteroatoms. The van der Waals surface area contributed by atoms with E-state index < -0.39 is 15.8 Å². The van der Waals surface area contributed by atoms with E-state index in [4.69, 9.17) is 5.11 Å². The van der Waals surface area contributed by atoms with E-state index in [0.29, 0.717) is 23.1 Å². The zero-order valence-electron chi connectivity index (χ0n) is 8.75. The Morgan fingerprint density at radius 1 is 1.53 bits per heavy atom. The van der Waals surface area contributed by atoms with Gasteiger partial charge in [0.2, 0.25) is 0 Å². The van der Waals surface area contributed by atoms with Crippen LogP contribution in [0, 0.1) is 0 Å². The molecule has 0 bridgehead atoms. The number of carboxylic acid groups (broad SMARTS) is 1. The molecule has 1 aromatic heterocycles. The molecule has 2 rings (SSSR count). The SMILES string of the molecule is O=Cc1cc(C2CCS(=O)(=O)C2)c(C(=O)O)s1. The Labute approximate surface area is 102 Å². The molecule has 0 saturated carbocycles. The van der Waals surface area contributed by atoms with Crippen LogP contribution in [-0.2, 0) is 9.84 Å². The number of carbonyl (C=O) groups excluding carboxylic acids is 1. The molecule has 1 aliphatic rings. The van der Waals surface area contributed by atoms with Gasteiger partial charge < -0.3 is 5.11 Å². The molecule has 0 radical (unpaired) electrons. The van der Waals surface area contributed by atoms with Gasteiger partial charge in [-0.3, -0.25) is 4.79 Å². The monoisotopic (exact) mass is 274 g/mol. The van der Waals surface area contributed by atoms with Gasteiger partial charge >= 0.3 is 5.97 Å². The third-order valence-corrected chi connectivity index (χ3v) is 5.59. The van der Waals surface area contributed by atoms with Gasteiger partial charge in [0.1, 0.15) is 4.88 Å². The van der Waals surface area contributed by atoms with Crippen molar-refractivity contribution in [1.29, 1.82) is 0 Å². The second-order valence-corrected chi connectivity index (χ2v) is 7.27. The van der Waals surface area contributed by atoms with Gasteiger partial charge in [-0.2, -0.15) is 0 Å². The lowest BCUT2D eigenvalue weighted by Crippen LogP contribution is -2.06. The fourth-order valence-electron chi connectivity index (χ4n) is 1.99. The van der Waals surface area contributed by atoms with Gasteiger partial charge in [-0.05, 0) is 18.1 Å². The minimum absolute atomic E-state index is 0.0255. The second kappa shape index (κ2) is 4.23. The van der Waals surface area contributed by atoms with Crippen molar-refractivity contribution in [3.63, 3.8) is 0 Å². The van der Waals surface area contributed by atoms with Crippen LogP contribution in [-0.4, -0.2) is 37.3 Å². The van der Waals surface area contributed by atoms with Crippen molar-refractivity contribution < 1.29 is 23.1 Å². The largest absolute Gasteiger partial charge is 0.477 e. The molecule has 17 heavy (non-hydrogen) atoms. The van der Waals surface area contributed by atoms with Crippen LogP contribution in [0.3, 0.4) is 0 Å². The molecule has 1 atom stereocenters. The minimum atomic E-state index is -3.06. The maximum Gasteiger partial charge on any atom is 0.346 e. The van der Waals surface area contributed by atoms with E-state index in [0.717, 1.165) is 11.3 Å². The molecule has 0 amide bonds. The van der Waals surface area contributed by atoms with Gasteiger partial charge in [-0.1, -0.05) is 0 Å². The summed E-state index contributed by atoms with van der Waals surface area (Å²) in [5.41, 5.74) is 0.477. The smallest absolute Gasteiger partial charge is 0.346 e. The van der Waals surface area contributed by atoms with Crippen LogP contribution < -0.4 is 0 Å². The molecule has 1 N–H and O–H groups in total. The Kier molecular flexibility index (Phi) is 3.05. The third-order valence-electron chi connectivity index (χ3n) is 2.76. The predicted molar refractivity (Wildman–Crippen MR) is 62.7 cm³/mol. The van der Waals surface area contributed by atoms with Crippen molar-refractivity contribution >= 4 is 33.4 Å². The number of aldehydes is 1. The zero-order valence-corrected chi connectivity index (χ0v) is 10.4. The fraction of sp³-hybridized carbons (Fsp3) is 0.400. The van der Waals surface area contributed by atoms with E-state index in [1.165, 1.54) is 6.07 Å². The lowest BCUT2D eigenvalue weighted by Gasteiger charge is -2.06. The third kappa shape index (κ3) is 2.39. The molecule has 0 spiro atoms. The van der Waals surface area contributed by atoms with Crippen LogP contribution in [0.15, 0.2) is 6.07 Å². The number of rotatable bonds is 3. The highest BCUT2D eigenvalue weighted by molar-refractivity contribution is 7.91. The molecule has 1 unspecified atom stereocenters. The Bertz CT molecular complexity index is 570.